The van der Waals surface area contributed by atoms with E-state index in [0.29, 0.717) is 12.8 Å². The Morgan fingerprint density at radius 3 is 3.00 bits per heavy atom. The van der Waals surface area contributed by atoms with Crippen molar-refractivity contribution in [3.8, 4) is 0 Å². The van der Waals surface area contributed by atoms with Gasteiger partial charge in [0.25, 0.3) is 0 Å². The minimum Gasteiger partial charge on any atom is -0.317 e. The monoisotopic (exact) mass is 184 g/mol. The highest BCUT2D eigenvalue weighted by Crippen LogP contribution is 2.30. The molecule has 2 unspecified atom stereocenters. The first-order valence-corrected chi connectivity index (χ1v) is 5.11. The second-order valence-electron chi connectivity index (χ2n) is 3.95. The Labute approximate surface area is 78.6 Å². The van der Waals surface area contributed by atoms with Crippen LogP contribution in [-0.4, -0.2) is 31.3 Å². The van der Waals surface area contributed by atoms with Crippen LogP contribution >= 0.6 is 0 Å². The molecule has 1 saturated heterocycles. The van der Waals surface area contributed by atoms with Crippen molar-refractivity contribution in [3.05, 3.63) is 12.2 Å². The minimum atomic E-state index is -1.02. The van der Waals surface area contributed by atoms with Gasteiger partial charge < -0.3 is 10.6 Å². The standard InChI is InChI=1S/C10H17FN2/c11-10(9-3-1-7-13-9)4-2-6-12-8-5-10/h1,3,9,12-13H,2,4-8H2. The van der Waals surface area contributed by atoms with Gasteiger partial charge in [-0.3, -0.25) is 0 Å². The number of halogens is 1. The summed E-state index contributed by atoms with van der Waals surface area (Å²) < 4.78 is 14.4. The molecule has 0 aromatic carbocycles. The van der Waals surface area contributed by atoms with Crippen molar-refractivity contribution >= 4 is 0 Å². The van der Waals surface area contributed by atoms with Crippen LogP contribution in [0.3, 0.4) is 0 Å². The van der Waals surface area contributed by atoms with E-state index in [-0.39, 0.29) is 6.04 Å². The summed E-state index contributed by atoms with van der Waals surface area (Å²) in [7, 11) is 0. The van der Waals surface area contributed by atoms with E-state index in [1.54, 1.807) is 0 Å². The van der Waals surface area contributed by atoms with Crippen molar-refractivity contribution in [1.82, 2.24) is 10.6 Å². The molecule has 2 heterocycles. The van der Waals surface area contributed by atoms with Gasteiger partial charge in [-0.1, -0.05) is 12.2 Å². The molecule has 0 radical (unpaired) electrons. The molecular formula is C10H17FN2. The van der Waals surface area contributed by atoms with Gasteiger partial charge in [-0.25, -0.2) is 4.39 Å². The molecule has 2 N–H and O–H groups in total. The molecule has 0 bridgehead atoms. The van der Waals surface area contributed by atoms with Crippen LogP contribution in [0.25, 0.3) is 0 Å². The second kappa shape index (κ2) is 3.76. The predicted molar refractivity (Wildman–Crippen MR) is 51.5 cm³/mol. The Kier molecular flexibility index (Phi) is 2.65. The molecule has 2 nitrogen and oxygen atoms in total. The Hall–Kier alpha value is -0.410. The van der Waals surface area contributed by atoms with E-state index in [1.807, 2.05) is 12.2 Å². The summed E-state index contributed by atoms with van der Waals surface area (Å²) in [5.41, 5.74) is -1.02. The fraction of sp³-hybridized carbons (Fsp3) is 0.800. The number of alkyl halides is 1. The predicted octanol–water partition coefficient (Wildman–Crippen LogP) is 0.996. The smallest absolute Gasteiger partial charge is 0.131 e. The summed E-state index contributed by atoms with van der Waals surface area (Å²) in [5.74, 6) is 0. The normalized spacial score (nSPS) is 40.5. The van der Waals surface area contributed by atoms with Crippen LogP contribution in [0.15, 0.2) is 12.2 Å². The van der Waals surface area contributed by atoms with Crippen LogP contribution in [0.1, 0.15) is 19.3 Å². The molecule has 2 rings (SSSR count). The SMILES string of the molecule is FC1(C2C=CCN2)CCCNCC1. The number of hydrogen-bond acceptors (Lipinski definition) is 2. The molecule has 0 saturated carbocycles. The molecule has 0 aromatic heterocycles. The van der Waals surface area contributed by atoms with Crippen LogP contribution in [0.5, 0.6) is 0 Å². The maximum atomic E-state index is 14.4. The summed E-state index contributed by atoms with van der Waals surface area (Å²) in [6.45, 7) is 2.59. The van der Waals surface area contributed by atoms with Gasteiger partial charge in [0.1, 0.15) is 5.67 Å². The zero-order chi connectivity index (χ0) is 9.15. The summed E-state index contributed by atoms with van der Waals surface area (Å²) in [6.07, 6.45) is 6.26. The first kappa shape index (κ1) is 9.16. The lowest BCUT2D eigenvalue weighted by Crippen LogP contribution is -2.44. The largest absolute Gasteiger partial charge is 0.317 e. The zero-order valence-corrected chi connectivity index (χ0v) is 7.85. The van der Waals surface area contributed by atoms with Crippen molar-refractivity contribution < 1.29 is 4.39 Å². The molecule has 0 spiro atoms. The van der Waals surface area contributed by atoms with Crippen LogP contribution in [0.4, 0.5) is 4.39 Å². The lowest BCUT2D eigenvalue weighted by Gasteiger charge is -2.29. The number of rotatable bonds is 1. The topological polar surface area (TPSA) is 24.1 Å². The van der Waals surface area contributed by atoms with E-state index in [4.69, 9.17) is 0 Å². The van der Waals surface area contributed by atoms with Gasteiger partial charge >= 0.3 is 0 Å². The zero-order valence-electron chi connectivity index (χ0n) is 7.85. The molecule has 2 aliphatic rings. The minimum absolute atomic E-state index is 0.0487. The lowest BCUT2D eigenvalue weighted by molar-refractivity contribution is 0.115. The summed E-state index contributed by atoms with van der Waals surface area (Å²) in [4.78, 5) is 0. The van der Waals surface area contributed by atoms with Gasteiger partial charge in [-0.2, -0.15) is 0 Å². The third-order valence-corrected chi connectivity index (χ3v) is 3.00. The Balaban J connectivity index is 2.03. The maximum Gasteiger partial charge on any atom is 0.131 e. The Morgan fingerprint density at radius 1 is 1.31 bits per heavy atom. The maximum absolute atomic E-state index is 14.4. The van der Waals surface area contributed by atoms with Gasteiger partial charge in [0.15, 0.2) is 0 Å². The molecule has 0 amide bonds. The fourth-order valence-corrected chi connectivity index (χ4v) is 2.19. The fourth-order valence-electron chi connectivity index (χ4n) is 2.19. The molecule has 13 heavy (non-hydrogen) atoms. The third kappa shape index (κ3) is 1.92. The van der Waals surface area contributed by atoms with Crippen molar-refractivity contribution in [2.75, 3.05) is 19.6 Å². The summed E-state index contributed by atoms with van der Waals surface area (Å²) in [5, 5.41) is 6.41. The van der Waals surface area contributed by atoms with Crippen molar-refractivity contribution in [1.29, 1.82) is 0 Å². The molecule has 2 atom stereocenters. The molecule has 74 valence electrons. The van der Waals surface area contributed by atoms with Gasteiger partial charge in [0.2, 0.25) is 0 Å². The summed E-state index contributed by atoms with van der Waals surface area (Å²) in [6, 6.07) is -0.0487. The number of nitrogens with one attached hydrogen (secondary N) is 2. The first-order valence-electron chi connectivity index (χ1n) is 5.11. The average Bonchev–Trinajstić information content (AvgIpc) is 2.57. The summed E-state index contributed by atoms with van der Waals surface area (Å²) >= 11 is 0. The molecule has 1 fully saturated rings. The highest BCUT2D eigenvalue weighted by atomic mass is 19.1. The second-order valence-corrected chi connectivity index (χ2v) is 3.95. The molecule has 0 aliphatic carbocycles. The van der Waals surface area contributed by atoms with Gasteiger partial charge in [0.05, 0.1) is 6.04 Å². The molecule has 0 aromatic rings. The van der Waals surface area contributed by atoms with E-state index < -0.39 is 5.67 Å². The van der Waals surface area contributed by atoms with E-state index in [9.17, 15) is 4.39 Å². The van der Waals surface area contributed by atoms with Crippen LogP contribution in [-0.2, 0) is 0 Å². The van der Waals surface area contributed by atoms with Crippen molar-refractivity contribution in [3.63, 3.8) is 0 Å². The van der Waals surface area contributed by atoms with E-state index in [2.05, 4.69) is 10.6 Å². The quantitative estimate of drug-likeness (QED) is 0.594. The molecular weight excluding hydrogens is 167 g/mol. The van der Waals surface area contributed by atoms with E-state index in [1.165, 1.54) is 0 Å². The van der Waals surface area contributed by atoms with Crippen molar-refractivity contribution in [2.24, 2.45) is 0 Å². The molecule has 3 heteroatoms. The van der Waals surface area contributed by atoms with Crippen LogP contribution in [0, 0.1) is 0 Å². The van der Waals surface area contributed by atoms with Gasteiger partial charge in [-0.05, 0) is 32.4 Å². The highest BCUT2D eigenvalue weighted by Gasteiger charge is 2.38. The van der Waals surface area contributed by atoms with E-state index in [0.717, 1.165) is 26.1 Å². The Bertz CT molecular complexity index is 195. The van der Waals surface area contributed by atoms with Gasteiger partial charge in [0, 0.05) is 6.54 Å². The van der Waals surface area contributed by atoms with Crippen LogP contribution in [0.2, 0.25) is 0 Å². The lowest BCUT2D eigenvalue weighted by atomic mass is 9.89. The third-order valence-electron chi connectivity index (χ3n) is 3.00. The average molecular weight is 184 g/mol. The number of hydrogen-bond donors (Lipinski definition) is 2. The van der Waals surface area contributed by atoms with Crippen LogP contribution < -0.4 is 10.6 Å². The van der Waals surface area contributed by atoms with Gasteiger partial charge in [-0.15, -0.1) is 0 Å². The molecule has 2 aliphatic heterocycles. The van der Waals surface area contributed by atoms with E-state index >= 15 is 0 Å². The highest BCUT2D eigenvalue weighted by molar-refractivity contribution is 5.11. The van der Waals surface area contributed by atoms with Crippen molar-refractivity contribution in [2.45, 2.75) is 31.0 Å². The Morgan fingerprint density at radius 2 is 2.23 bits per heavy atom. The first-order chi connectivity index (χ1) is 6.31.